The molecule has 1 aliphatic rings. The van der Waals surface area contributed by atoms with E-state index in [9.17, 15) is 14.7 Å². The number of aliphatic hydroxyl groups excluding tert-OH is 1. The summed E-state index contributed by atoms with van der Waals surface area (Å²) in [4.78, 5) is 44.6. The number of carbonyl (C=O) groups excluding carboxylic acids is 2. The minimum absolute atomic E-state index is 0.262. The van der Waals surface area contributed by atoms with Crippen molar-refractivity contribution in [3.8, 4) is 11.3 Å². The number of nitrogens with one attached hydrogen (secondary N) is 2. The molecule has 14 heteroatoms. The SMILES string of the molecule is C[C@H](C(=O)N[C@H](CO)c1cccc(N(C)C)n1)N1Cc2ccc(-c3nc(Nc4cnn(C)n4)ncc3Cl)cc2C1=O. The van der Waals surface area contributed by atoms with Crippen LogP contribution in [0.15, 0.2) is 48.8 Å². The van der Waals surface area contributed by atoms with Gasteiger partial charge in [-0.05, 0) is 30.7 Å². The van der Waals surface area contributed by atoms with Crippen molar-refractivity contribution in [2.75, 3.05) is 30.9 Å². The number of aromatic nitrogens is 6. The van der Waals surface area contributed by atoms with Crippen LogP contribution >= 0.6 is 11.6 Å². The van der Waals surface area contributed by atoms with E-state index in [4.69, 9.17) is 11.6 Å². The molecule has 1 aliphatic heterocycles. The third kappa shape index (κ3) is 5.81. The van der Waals surface area contributed by atoms with Crippen LogP contribution in [0, 0.1) is 0 Å². The second-order valence-electron chi connectivity index (χ2n) is 9.77. The van der Waals surface area contributed by atoms with E-state index in [1.54, 1.807) is 26.1 Å². The van der Waals surface area contributed by atoms with Crippen molar-refractivity contribution in [3.63, 3.8) is 0 Å². The summed E-state index contributed by atoms with van der Waals surface area (Å²) in [5.41, 5.74) is 2.82. The van der Waals surface area contributed by atoms with Gasteiger partial charge in [0.2, 0.25) is 11.9 Å². The minimum Gasteiger partial charge on any atom is -0.394 e. The summed E-state index contributed by atoms with van der Waals surface area (Å²) in [6.07, 6.45) is 3.01. The molecule has 0 saturated carbocycles. The lowest BCUT2D eigenvalue weighted by molar-refractivity contribution is -0.126. The smallest absolute Gasteiger partial charge is 0.255 e. The number of benzene rings is 1. The fraction of sp³-hybridized carbons (Fsp3) is 0.296. The molecule has 41 heavy (non-hydrogen) atoms. The molecule has 5 rings (SSSR count). The van der Waals surface area contributed by atoms with E-state index < -0.39 is 18.0 Å². The highest BCUT2D eigenvalue weighted by molar-refractivity contribution is 6.33. The van der Waals surface area contributed by atoms with Gasteiger partial charge >= 0.3 is 0 Å². The first-order valence-electron chi connectivity index (χ1n) is 12.8. The third-order valence-electron chi connectivity index (χ3n) is 6.72. The highest BCUT2D eigenvalue weighted by Gasteiger charge is 2.35. The zero-order valence-corrected chi connectivity index (χ0v) is 23.7. The Morgan fingerprint density at radius 1 is 1.20 bits per heavy atom. The summed E-state index contributed by atoms with van der Waals surface area (Å²) in [7, 11) is 5.41. The van der Waals surface area contributed by atoms with Crippen LogP contribution in [-0.4, -0.2) is 78.5 Å². The van der Waals surface area contributed by atoms with Gasteiger partial charge in [-0.25, -0.2) is 15.0 Å². The number of carbonyl (C=O) groups is 2. The first-order valence-corrected chi connectivity index (χ1v) is 13.2. The Balaban J connectivity index is 1.32. The molecule has 0 saturated heterocycles. The number of fused-ring (bicyclic) bond motifs is 1. The van der Waals surface area contributed by atoms with Gasteiger partial charge in [-0.15, -0.1) is 5.10 Å². The average molecular weight is 577 g/mol. The van der Waals surface area contributed by atoms with Crippen molar-refractivity contribution in [2.24, 2.45) is 7.05 Å². The van der Waals surface area contributed by atoms with Gasteiger partial charge in [0, 0.05) is 38.8 Å². The Bertz CT molecular complexity index is 1610. The van der Waals surface area contributed by atoms with Crippen LogP contribution in [-0.2, 0) is 18.4 Å². The van der Waals surface area contributed by atoms with Crippen LogP contribution in [0.5, 0.6) is 0 Å². The highest BCUT2D eigenvalue weighted by atomic mass is 35.5. The normalized spacial score (nSPS) is 14.0. The van der Waals surface area contributed by atoms with Crippen LogP contribution in [0.1, 0.15) is 34.6 Å². The highest BCUT2D eigenvalue weighted by Crippen LogP contribution is 2.32. The van der Waals surface area contributed by atoms with Gasteiger partial charge in [0.05, 0.1) is 41.5 Å². The zero-order valence-electron chi connectivity index (χ0n) is 22.9. The first kappa shape index (κ1) is 27.9. The van der Waals surface area contributed by atoms with Crippen molar-refractivity contribution in [1.29, 1.82) is 0 Å². The summed E-state index contributed by atoms with van der Waals surface area (Å²) < 4.78 is 0. The Kier molecular flexibility index (Phi) is 7.81. The van der Waals surface area contributed by atoms with Crippen molar-refractivity contribution in [1.82, 2.24) is 40.2 Å². The van der Waals surface area contributed by atoms with Gasteiger partial charge in [0.1, 0.15) is 11.9 Å². The molecular weight excluding hydrogens is 548 g/mol. The summed E-state index contributed by atoms with van der Waals surface area (Å²) >= 11 is 6.42. The quantitative estimate of drug-likeness (QED) is 0.270. The number of aliphatic hydroxyl groups is 1. The Labute approximate surface area is 241 Å². The van der Waals surface area contributed by atoms with Crippen molar-refractivity contribution >= 4 is 41.0 Å². The number of halogens is 1. The summed E-state index contributed by atoms with van der Waals surface area (Å²) in [6, 6.07) is 9.24. The van der Waals surface area contributed by atoms with E-state index in [-0.39, 0.29) is 25.0 Å². The lowest BCUT2D eigenvalue weighted by atomic mass is 10.0. The molecule has 0 unspecified atom stereocenters. The number of hydrogen-bond acceptors (Lipinski definition) is 10. The molecule has 2 atom stereocenters. The van der Waals surface area contributed by atoms with Gasteiger partial charge in [-0.3, -0.25) is 9.59 Å². The maximum Gasteiger partial charge on any atom is 0.255 e. The predicted octanol–water partition coefficient (Wildman–Crippen LogP) is 2.32. The molecule has 2 amide bonds. The summed E-state index contributed by atoms with van der Waals surface area (Å²) in [5.74, 6) is 0.747. The molecule has 13 nitrogen and oxygen atoms in total. The average Bonchev–Trinajstić information content (AvgIpc) is 3.53. The second-order valence-corrected chi connectivity index (χ2v) is 10.2. The van der Waals surface area contributed by atoms with Gasteiger partial charge in [0.25, 0.3) is 5.91 Å². The summed E-state index contributed by atoms with van der Waals surface area (Å²) in [5, 5.41) is 24.3. The van der Waals surface area contributed by atoms with Gasteiger partial charge in [-0.1, -0.05) is 29.8 Å². The Morgan fingerprint density at radius 3 is 2.71 bits per heavy atom. The first-order chi connectivity index (χ1) is 19.6. The number of anilines is 3. The van der Waals surface area contributed by atoms with Crippen molar-refractivity contribution in [2.45, 2.75) is 25.6 Å². The Hall–Kier alpha value is -4.62. The van der Waals surface area contributed by atoms with E-state index >= 15 is 0 Å². The lowest BCUT2D eigenvalue weighted by Gasteiger charge is -2.26. The molecule has 212 valence electrons. The molecule has 3 aromatic heterocycles. The maximum absolute atomic E-state index is 13.4. The van der Waals surface area contributed by atoms with Crippen molar-refractivity contribution in [3.05, 3.63) is 70.6 Å². The topological polar surface area (TPSA) is 154 Å². The molecule has 1 aromatic carbocycles. The molecule has 0 fully saturated rings. The molecule has 4 heterocycles. The molecule has 4 aromatic rings. The van der Waals surface area contributed by atoms with E-state index in [2.05, 4.69) is 35.8 Å². The second kappa shape index (κ2) is 11.5. The monoisotopic (exact) mass is 576 g/mol. The van der Waals surface area contributed by atoms with E-state index in [0.29, 0.717) is 39.2 Å². The van der Waals surface area contributed by atoms with Crippen LogP contribution in [0.2, 0.25) is 5.02 Å². The predicted molar refractivity (Wildman–Crippen MR) is 153 cm³/mol. The lowest BCUT2D eigenvalue weighted by Crippen LogP contribution is -2.47. The molecular formula is C27H29ClN10O3. The number of rotatable bonds is 9. The van der Waals surface area contributed by atoms with Crippen LogP contribution in [0.25, 0.3) is 11.3 Å². The number of amides is 2. The van der Waals surface area contributed by atoms with Crippen LogP contribution in [0.4, 0.5) is 17.6 Å². The number of aryl methyl sites for hydroxylation is 1. The number of pyridine rings is 1. The van der Waals surface area contributed by atoms with Crippen LogP contribution < -0.4 is 15.5 Å². The fourth-order valence-electron chi connectivity index (χ4n) is 4.46. The van der Waals surface area contributed by atoms with E-state index in [1.807, 2.05) is 43.3 Å². The van der Waals surface area contributed by atoms with Crippen LogP contribution in [0.3, 0.4) is 0 Å². The molecule has 0 bridgehead atoms. The van der Waals surface area contributed by atoms with Gasteiger partial charge < -0.3 is 25.5 Å². The summed E-state index contributed by atoms with van der Waals surface area (Å²) in [6.45, 7) is 1.58. The minimum atomic E-state index is -0.796. The maximum atomic E-state index is 13.4. The third-order valence-corrected chi connectivity index (χ3v) is 6.99. The standard InChI is InChI=1S/C27H29ClN10O3/c1-15(25(40)32-21(14-39)20-6-5-7-23(31-20)36(2)3)38-13-17-9-8-16(10-18(17)26(38)41)24-19(28)11-29-27(34-24)33-22-12-30-37(4)35-22/h5-12,15,21,39H,13-14H2,1-4H3,(H,32,40)(H,29,33,34,35)/t15-,21-/m1/s1. The fourth-order valence-corrected chi connectivity index (χ4v) is 4.66. The molecule has 0 aliphatic carbocycles. The molecule has 3 N–H and O–H groups in total. The van der Waals surface area contributed by atoms with E-state index in [0.717, 1.165) is 5.56 Å². The largest absolute Gasteiger partial charge is 0.394 e. The number of nitrogens with zero attached hydrogens (tertiary/aromatic N) is 8. The Morgan fingerprint density at radius 2 is 2.00 bits per heavy atom. The van der Waals surface area contributed by atoms with Gasteiger partial charge in [0.15, 0.2) is 5.82 Å². The molecule has 0 radical (unpaired) electrons. The zero-order chi connectivity index (χ0) is 29.3. The number of hydrogen-bond donors (Lipinski definition) is 3. The van der Waals surface area contributed by atoms with Crippen molar-refractivity contribution < 1.29 is 14.7 Å². The van der Waals surface area contributed by atoms with E-state index in [1.165, 1.54) is 22.1 Å². The molecule has 0 spiro atoms. The van der Waals surface area contributed by atoms with Gasteiger partial charge in [-0.2, -0.15) is 9.90 Å².